The summed E-state index contributed by atoms with van der Waals surface area (Å²) >= 11 is 14.7. The highest BCUT2D eigenvalue weighted by Crippen LogP contribution is 2.66. The summed E-state index contributed by atoms with van der Waals surface area (Å²) in [4.78, 5) is 66.1. The number of hydrogen-bond acceptors (Lipinski definition) is 7. The first-order valence-corrected chi connectivity index (χ1v) is 15.9. The van der Waals surface area contributed by atoms with Gasteiger partial charge in [0, 0.05) is 5.92 Å². The van der Waals surface area contributed by atoms with Crippen molar-refractivity contribution in [2.24, 2.45) is 17.8 Å². The summed E-state index contributed by atoms with van der Waals surface area (Å²) in [7, 11) is 0. The van der Waals surface area contributed by atoms with Gasteiger partial charge in [0.2, 0.25) is 11.8 Å². The van der Waals surface area contributed by atoms with Crippen LogP contribution in [0.4, 0.5) is 15.8 Å². The van der Waals surface area contributed by atoms with Crippen molar-refractivity contribution in [3.63, 3.8) is 0 Å². The van der Waals surface area contributed by atoms with E-state index < -0.39 is 68.8 Å². The van der Waals surface area contributed by atoms with Crippen molar-refractivity contribution in [1.82, 2.24) is 0 Å². The van der Waals surface area contributed by atoms with Crippen LogP contribution >= 0.6 is 23.2 Å². The van der Waals surface area contributed by atoms with Crippen LogP contribution in [0.2, 0.25) is 0 Å². The molecule has 0 radical (unpaired) electrons. The number of hydrogen-bond donors (Lipinski definition) is 2. The number of carboxylic acids is 1. The zero-order valence-electron chi connectivity index (χ0n) is 25.0. The number of anilines is 2. The second-order valence-electron chi connectivity index (χ2n) is 12.3. The maximum Gasteiger partial charge on any atom is 0.335 e. The average Bonchev–Trinajstić information content (AvgIpc) is 3.42. The number of allylic oxidation sites excluding steroid dienone is 2. The smallest absolute Gasteiger partial charge is 0.335 e. The van der Waals surface area contributed by atoms with E-state index in [9.17, 15) is 38.6 Å². The number of aliphatic hydroxyl groups excluding tert-OH is 1. The van der Waals surface area contributed by atoms with Crippen LogP contribution in [0.5, 0.6) is 5.75 Å². The minimum atomic E-state index is -2.10. The van der Waals surface area contributed by atoms with Gasteiger partial charge in [0.05, 0.1) is 35.4 Å². The molecule has 2 aliphatic heterocycles. The lowest BCUT2D eigenvalue weighted by Gasteiger charge is -2.50. The molecule has 3 aromatic carbocycles. The number of imide groups is 2. The van der Waals surface area contributed by atoms with E-state index in [1.807, 2.05) is 0 Å². The molecular formula is C35H27Cl2FN2O8. The zero-order chi connectivity index (χ0) is 34.1. The molecule has 1 saturated carbocycles. The summed E-state index contributed by atoms with van der Waals surface area (Å²) in [6, 6.07) is 16.8. The standard InChI is InChI=1S/C35H27Cl2FN2O8/c36-34-17-26-24(12-13-25-27(26)30(43)39(29(25)42)22-3-1-2-19(16-22)31(44)45)28(18-4-10-23(11-5-18)48-15-14-41)35(34,37)33(47)40(32(34)46)21-8-6-20(38)7-9-21/h1-12,16,25-28,41H,13-15,17H2,(H,44,45). The Kier molecular flexibility index (Phi) is 7.69. The maximum atomic E-state index is 14.4. The molecule has 2 N–H and O–H groups in total. The Morgan fingerprint density at radius 1 is 0.896 bits per heavy atom. The summed E-state index contributed by atoms with van der Waals surface area (Å²) in [6.45, 7) is -0.161. The van der Waals surface area contributed by atoms with E-state index in [0.29, 0.717) is 16.9 Å². The molecule has 10 nitrogen and oxygen atoms in total. The van der Waals surface area contributed by atoms with Gasteiger partial charge in [-0.25, -0.2) is 14.1 Å². The molecule has 48 heavy (non-hydrogen) atoms. The van der Waals surface area contributed by atoms with Crippen molar-refractivity contribution in [2.45, 2.75) is 28.5 Å². The Morgan fingerprint density at radius 3 is 2.27 bits per heavy atom. The summed E-state index contributed by atoms with van der Waals surface area (Å²) in [5, 5.41) is 18.7. The normalized spacial score (nSPS) is 29.4. The molecule has 6 atom stereocenters. The van der Waals surface area contributed by atoms with E-state index in [0.717, 1.165) is 21.9 Å². The predicted molar refractivity (Wildman–Crippen MR) is 172 cm³/mol. The Labute approximate surface area is 283 Å². The third-order valence-corrected chi connectivity index (χ3v) is 11.2. The molecule has 246 valence electrons. The number of carbonyl (C=O) groups is 5. The lowest BCUT2D eigenvalue weighted by atomic mass is 9.56. The number of carbonyl (C=O) groups excluding carboxylic acids is 4. The van der Waals surface area contributed by atoms with Crippen molar-refractivity contribution in [3.8, 4) is 5.75 Å². The lowest BCUT2D eigenvalue weighted by Crippen LogP contribution is -2.60. The average molecular weight is 694 g/mol. The highest BCUT2D eigenvalue weighted by Gasteiger charge is 2.76. The Hall–Kier alpha value is -4.58. The molecule has 2 saturated heterocycles. The largest absolute Gasteiger partial charge is 0.491 e. The molecule has 2 aliphatic carbocycles. The molecule has 0 bridgehead atoms. The highest BCUT2D eigenvalue weighted by atomic mass is 35.5. The Balaban J connectivity index is 1.36. The number of fused-ring (bicyclic) bond motifs is 4. The van der Waals surface area contributed by atoms with E-state index in [1.165, 1.54) is 36.4 Å². The van der Waals surface area contributed by atoms with Crippen LogP contribution in [0, 0.1) is 23.6 Å². The van der Waals surface area contributed by atoms with Crippen LogP contribution in [-0.4, -0.2) is 62.8 Å². The summed E-state index contributed by atoms with van der Waals surface area (Å²) in [5.41, 5.74) is 1.13. The molecule has 3 fully saturated rings. The molecule has 3 aromatic rings. The van der Waals surface area contributed by atoms with Gasteiger partial charge in [0.25, 0.3) is 11.8 Å². The third-order valence-electron chi connectivity index (χ3n) is 9.82. The van der Waals surface area contributed by atoms with Crippen molar-refractivity contribution in [3.05, 3.63) is 101 Å². The zero-order valence-corrected chi connectivity index (χ0v) is 26.5. The van der Waals surface area contributed by atoms with Gasteiger partial charge in [-0.1, -0.05) is 29.8 Å². The second-order valence-corrected chi connectivity index (χ2v) is 13.5. The quantitative estimate of drug-likeness (QED) is 0.207. The number of aliphatic hydroxyl groups is 1. The number of ether oxygens (including phenoxy) is 1. The third kappa shape index (κ3) is 4.52. The first kappa shape index (κ1) is 32.0. The molecule has 0 aromatic heterocycles. The molecular weight excluding hydrogens is 666 g/mol. The van der Waals surface area contributed by atoms with Crippen molar-refractivity contribution >= 4 is 64.2 Å². The number of carboxylic acid groups (broad SMARTS) is 1. The molecule has 6 unspecified atom stereocenters. The molecule has 4 aliphatic rings. The SMILES string of the molecule is O=C(O)c1cccc(N2C(=O)C3CC=C4C(CC5(Cl)C(=O)N(c6ccc(F)cc6)C(=O)C5(Cl)C4c4ccc(OCCO)cc4)C3C2=O)c1. The number of halogens is 3. The van der Waals surface area contributed by atoms with Crippen LogP contribution in [0.3, 0.4) is 0 Å². The van der Waals surface area contributed by atoms with Crippen LogP contribution < -0.4 is 14.5 Å². The van der Waals surface area contributed by atoms with Crippen LogP contribution in [-0.2, 0) is 19.2 Å². The Bertz CT molecular complexity index is 1920. The number of benzene rings is 3. The first-order valence-electron chi connectivity index (χ1n) is 15.2. The number of rotatable bonds is 7. The number of alkyl halides is 2. The summed E-state index contributed by atoms with van der Waals surface area (Å²) < 4.78 is 19.4. The van der Waals surface area contributed by atoms with Gasteiger partial charge in [0.1, 0.15) is 18.2 Å². The maximum absolute atomic E-state index is 14.4. The molecule has 7 rings (SSSR count). The molecule has 13 heteroatoms. The van der Waals surface area contributed by atoms with Gasteiger partial charge in [-0.15, -0.1) is 23.2 Å². The van der Waals surface area contributed by atoms with Gasteiger partial charge in [-0.05, 0) is 78.9 Å². The molecule has 2 heterocycles. The molecule has 4 amide bonds. The predicted octanol–water partition coefficient (Wildman–Crippen LogP) is 4.66. The second kappa shape index (κ2) is 11.5. The van der Waals surface area contributed by atoms with Crippen molar-refractivity contribution < 1.29 is 43.3 Å². The van der Waals surface area contributed by atoms with Gasteiger partial charge in [-0.3, -0.25) is 24.1 Å². The minimum Gasteiger partial charge on any atom is -0.491 e. The fourth-order valence-electron chi connectivity index (χ4n) is 7.73. The van der Waals surface area contributed by atoms with E-state index >= 15 is 0 Å². The minimum absolute atomic E-state index is 0.0466. The van der Waals surface area contributed by atoms with Crippen LogP contribution in [0.15, 0.2) is 84.4 Å². The fourth-order valence-corrected chi connectivity index (χ4v) is 8.66. The fraction of sp³-hybridized carbons (Fsp3) is 0.286. The van der Waals surface area contributed by atoms with Crippen LogP contribution in [0.25, 0.3) is 0 Å². The van der Waals surface area contributed by atoms with E-state index in [-0.39, 0.29) is 43.0 Å². The van der Waals surface area contributed by atoms with E-state index in [1.54, 1.807) is 30.3 Å². The van der Waals surface area contributed by atoms with Crippen molar-refractivity contribution in [2.75, 3.05) is 23.0 Å². The number of amides is 4. The summed E-state index contributed by atoms with van der Waals surface area (Å²) in [5.74, 6) is -7.80. The first-order chi connectivity index (χ1) is 22.9. The topological polar surface area (TPSA) is 142 Å². The highest BCUT2D eigenvalue weighted by molar-refractivity contribution is 6.58. The van der Waals surface area contributed by atoms with Gasteiger partial charge in [0.15, 0.2) is 9.75 Å². The monoisotopic (exact) mass is 692 g/mol. The van der Waals surface area contributed by atoms with Crippen molar-refractivity contribution in [1.29, 1.82) is 0 Å². The van der Waals surface area contributed by atoms with Gasteiger partial charge in [-0.2, -0.15) is 0 Å². The van der Waals surface area contributed by atoms with Crippen LogP contribution in [0.1, 0.15) is 34.7 Å². The van der Waals surface area contributed by atoms with E-state index in [4.69, 9.17) is 27.9 Å². The number of nitrogens with zero attached hydrogens (tertiary/aromatic N) is 2. The Morgan fingerprint density at radius 2 is 1.60 bits per heavy atom. The van der Waals surface area contributed by atoms with E-state index in [2.05, 4.69) is 0 Å². The molecule has 0 spiro atoms. The van der Waals surface area contributed by atoms with Gasteiger partial charge < -0.3 is 14.9 Å². The summed E-state index contributed by atoms with van der Waals surface area (Å²) in [6.07, 6.45) is 1.65. The van der Waals surface area contributed by atoms with Gasteiger partial charge >= 0.3 is 5.97 Å². The lowest BCUT2D eigenvalue weighted by molar-refractivity contribution is -0.125. The number of aromatic carboxylic acids is 1.